The van der Waals surface area contributed by atoms with Crippen molar-refractivity contribution >= 4 is 11.8 Å². The molecule has 5 nitrogen and oxygen atoms in total. The molecule has 1 aromatic rings. The van der Waals surface area contributed by atoms with Crippen molar-refractivity contribution in [2.45, 2.75) is 25.7 Å². The molecule has 1 aliphatic heterocycles. The minimum atomic E-state index is -0.580. The second kappa shape index (κ2) is 5.62. The van der Waals surface area contributed by atoms with Crippen LogP contribution in [0.25, 0.3) is 0 Å². The lowest BCUT2D eigenvalue weighted by Crippen LogP contribution is -2.32. The van der Waals surface area contributed by atoms with Crippen molar-refractivity contribution in [3.8, 4) is 0 Å². The molecule has 0 saturated carbocycles. The normalized spacial score (nSPS) is 16.1. The van der Waals surface area contributed by atoms with Gasteiger partial charge in [0.15, 0.2) is 0 Å². The molecule has 0 aliphatic carbocycles. The highest BCUT2D eigenvalue weighted by molar-refractivity contribution is 5.95. The Hall–Kier alpha value is -1.91. The highest BCUT2D eigenvalue weighted by Crippen LogP contribution is 2.13. The fourth-order valence-electron chi connectivity index (χ4n) is 2.12. The average molecular weight is 247 g/mol. The first kappa shape index (κ1) is 12.5. The summed E-state index contributed by atoms with van der Waals surface area (Å²) in [5, 5.41) is 0. The van der Waals surface area contributed by atoms with Crippen LogP contribution in [0.1, 0.15) is 46.5 Å². The maximum atomic E-state index is 12.2. The molecule has 0 bridgehead atoms. The molecule has 96 valence electrons. The molecule has 2 rings (SSSR count). The topological polar surface area (TPSA) is 76.3 Å². The lowest BCUT2D eigenvalue weighted by atomic mass is 10.2. The van der Waals surface area contributed by atoms with Crippen LogP contribution in [-0.2, 0) is 0 Å². The Morgan fingerprint density at radius 3 is 2.28 bits per heavy atom. The van der Waals surface area contributed by atoms with Crippen LogP contribution in [0.4, 0.5) is 0 Å². The van der Waals surface area contributed by atoms with Crippen molar-refractivity contribution in [2.75, 3.05) is 13.1 Å². The number of carbonyl (C=O) groups excluding carboxylic acids is 2. The Bertz CT molecular complexity index is 434. The molecule has 1 fully saturated rings. The van der Waals surface area contributed by atoms with E-state index in [1.54, 1.807) is 6.07 Å². The van der Waals surface area contributed by atoms with Gasteiger partial charge in [0.2, 0.25) is 0 Å². The second-order valence-corrected chi connectivity index (χ2v) is 4.50. The second-order valence-electron chi connectivity index (χ2n) is 4.50. The first-order valence-corrected chi connectivity index (χ1v) is 6.23. The third-order valence-corrected chi connectivity index (χ3v) is 3.16. The molecule has 2 heterocycles. The fraction of sp³-hybridized carbons (Fsp3) is 0.462. The SMILES string of the molecule is NC(=O)c1ccc(C(=O)N2CCCCCC2)cn1. The number of nitrogens with zero attached hydrogens (tertiary/aromatic N) is 2. The van der Waals surface area contributed by atoms with Crippen LogP contribution in [-0.4, -0.2) is 34.8 Å². The zero-order chi connectivity index (χ0) is 13.0. The Morgan fingerprint density at radius 1 is 1.11 bits per heavy atom. The molecule has 1 aromatic heterocycles. The van der Waals surface area contributed by atoms with Crippen LogP contribution in [0, 0.1) is 0 Å². The van der Waals surface area contributed by atoms with E-state index in [9.17, 15) is 9.59 Å². The Balaban J connectivity index is 2.10. The van der Waals surface area contributed by atoms with Gasteiger partial charge in [-0.25, -0.2) is 0 Å². The minimum absolute atomic E-state index is 0.0135. The van der Waals surface area contributed by atoms with E-state index in [2.05, 4.69) is 4.98 Å². The molecule has 5 heteroatoms. The maximum Gasteiger partial charge on any atom is 0.267 e. The molecule has 0 unspecified atom stereocenters. The molecule has 2 amide bonds. The standard InChI is InChI=1S/C13H17N3O2/c14-12(17)11-6-5-10(9-15-11)13(18)16-7-3-1-2-4-8-16/h5-6,9H,1-4,7-8H2,(H2,14,17). The molecule has 0 atom stereocenters. The Labute approximate surface area is 106 Å². The van der Waals surface area contributed by atoms with Crippen molar-refractivity contribution < 1.29 is 9.59 Å². The number of rotatable bonds is 2. The molecule has 1 saturated heterocycles. The van der Waals surface area contributed by atoms with Gasteiger partial charge in [0, 0.05) is 19.3 Å². The van der Waals surface area contributed by atoms with E-state index in [1.165, 1.54) is 25.1 Å². The summed E-state index contributed by atoms with van der Waals surface area (Å²) in [6.45, 7) is 1.60. The zero-order valence-electron chi connectivity index (χ0n) is 10.3. The molecule has 2 N–H and O–H groups in total. The van der Waals surface area contributed by atoms with Crippen molar-refractivity contribution in [1.82, 2.24) is 9.88 Å². The van der Waals surface area contributed by atoms with E-state index in [4.69, 9.17) is 5.73 Å². The number of amides is 2. The maximum absolute atomic E-state index is 12.2. The van der Waals surface area contributed by atoms with E-state index in [0.717, 1.165) is 25.9 Å². The van der Waals surface area contributed by atoms with Gasteiger partial charge in [-0.1, -0.05) is 12.8 Å². The predicted molar refractivity (Wildman–Crippen MR) is 67.1 cm³/mol. The van der Waals surface area contributed by atoms with Gasteiger partial charge in [-0.15, -0.1) is 0 Å². The van der Waals surface area contributed by atoms with Crippen LogP contribution >= 0.6 is 0 Å². The quantitative estimate of drug-likeness (QED) is 0.853. The van der Waals surface area contributed by atoms with Crippen molar-refractivity contribution in [2.24, 2.45) is 5.73 Å². The zero-order valence-corrected chi connectivity index (χ0v) is 10.3. The summed E-state index contributed by atoms with van der Waals surface area (Å²) in [4.78, 5) is 28.8. The van der Waals surface area contributed by atoms with Crippen LogP contribution in [0.15, 0.2) is 18.3 Å². The number of primary amides is 1. The molecule has 0 aromatic carbocycles. The van der Waals surface area contributed by atoms with Gasteiger partial charge in [0.1, 0.15) is 5.69 Å². The van der Waals surface area contributed by atoms with Gasteiger partial charge in [-0.2, -0.15) is 0 Å². The summed E-state index contributed by atoms with van der Waals surface area (Å²) in [7, 11) is 0. The molecular formula is C13H17N3O2. The first-order chi connectivity index (χ1) is 8.68. The fourth-order valence-corrected chi connectivity index (χ4v) is 2.12. The lowest BCUT2D eigenvalue weighted by molar-refractivity contribution is 0.0760. The molecule has 0 spiro atoms. The highest BCUT2D eigenvalue weighted by atomic mass is 16.2. The van der Waals surface area contributed by atoms with Gasteiger partial charge in [-0.05, 0) is 25.0 Å². The number of carbonyl (C=O) groups is 2. The smallest absolute Gasteiger partial charge is 0.267 e. The van der Waals surface area contributed by atoms with Crippen LogP contribution in [0.5, 0.6) is 0 Å². The van der Waals surface area contributed by atoms with Crippen molar-refractivity contribution in [1.29, 1.82) is 0 Å². The van der Waals surface area contributed by atoms with E-state index in [1.807, 2.05) is 4.90 Å². The van der Waals surface area contributed by atoms with Gasteiger partial charge >= 0.3 is 0 Å². The summed E-state index contributed by atoms with van der Waals surface area (Å²) in [6.07, 6.45) is 5.90. The van der Waals surface area contributed by atoms with E-state index < -0.39 is 5.91 Å². The number of hydrogen-bond acceptors (Lipinski definition) is 3. The van der Waals surface area contributed by atoms with E-state index in [-0.39, 0.29) is 11.6 Å². The van der Waals surface area contributed by atoms with Crippen molar-refractivity contribution in [3.63, 3.8) is 0 Å². The highest BCUT2D eigenvalue weighted by Gasteiger charge is 2.17. The average Bonchev–Trinajstić information content (AvgIpc) is 2.67. The number of likely N-dealkylation sites (tertiary alicyclic amines) is 1. The molecular weight excluding hydrogens is 230 g/mol. The third kappa shape index (κ3) is 2.85. The lowest BCUT2D eigenvalue weighted by Gasteiger charge is -2.20. The molecule has 0 radical (unpaired) electrons. The summed E-state index contributed by atoms with van der Waals surface area (Å²) in [6, 6.07) is 3.10. The van der Waals surface area contributed by atoms with E-state index in [0.29, 0.717) is 5.56 Å². The predicted octanol–water partition coefficient (Wildman–Crippen LogP) is 1.20. The van der Waals surface area contributed by atoms with Crippen LogP contribution in [0.3, 0.4) is 0 Å². The third-order valence-electron chi connectivity index (χ3n) is 3.16. The number of nitrogens with two attached hydrogens (primary N) is 1. The minimum Gasteiger partial charge on any atom is -0.364 e. The summed E-state index contributed by atoms with van der Waals surface area (Å²) >= 11 is 0. The largest absolute Gasteiger partial charge is 0.364 e. The molecule has 1 aliphatic rings. The first-order valence-electron chi connectivity index (χ1n) is 6.23. The van der Waals surface area contributed by atoms with Crippen LogP contribution < -0.4 is 5.73 Å². The number of hydrogen-bond donors (Lipinski definition) is 1. The number of pyridine rings is 1. The summed E-state index contributed by atoms with van der Waals surface area (Å²) < 4.78 is 0. The van der Waals surface area contributed by atoms with Gasteiger partial charge in [-0.3, -0.25) is 14.6 Å². The van der Waals surface area contributed by atoms with Gasteiger partial charge in [0.25, 0.3) is 11.8 Å². The summed E-state index contributed by atoms with van der Waals surface area (Å²) in [5.74, 6) is -0.593. The van der Waals surface area contributed by atoms with Gasteiger partial charge < -0.3 is 10.6 Å². The monoisotopic (exact) mass is 247 g/mol. The Morgan fingerprint density at radius 2 is 1.78 bits per heavy atom. The molecule has 18 heavy (non-hydrogen) atoms. The van der Waals surface area contributed by atoms with E-state index >= 15 is 0 Å². The Kier molecular flexibility index (Phi) is 3.92. The summed E-state index contributed by atoms with van der Waals surface area (Å²) in [5.41, 5.74) is 5.81. The van der Waals surface area contributed by atoms with Gasteiger partial charge in [0.05, 0.1) is 5.56 Å². The van der Waals surface area contributed by atoms with Crippen LogP contribution in [0.2, 0.25) is 0 Å². The van der Waals surface area contributed by atoms with Crippen molar-refractivity contribution in [3.05, 3.63) is 29.6 Å². The number of aromatic nitrogens is 1.